The molecular weight excluding hydrogens is 252 g/mol. The van der Waals surface area contributed by atoms with E-state index in [1.807, 2.05) is 24.3 Å². The van der Waals surface area contributed by atoms with Crippen molar-refractivity contribution in [3.8, 4) is 11.5 Å². The third kappa shape index (κ3) is 2.76. The number of hydrogen-bond acceptors (Lipinski definition) is 4. The van der Waals surface area contributed by atoms with Gasteiger partial charge in [0.1, 0.15) is 12.7 Å². The molecule has 0 spiro atoms. The summed E-state index contributed by atoms with van der Waals surface area (Å²) in [5, 5.41) is 0. The van der Waals surface area contributed by atoms with Crippen LogP contribution in [0, 0.1) is 11.8 Å². The van der Waals surface area contributed by atoms with E-state index < -0.39 is 0 Å². The molecule has 1 fully saturated rings. The molecule has 4 nitrogen and oxygen atoms in total. The van der Waals surface area contributed by atoms with Crippen LogP contribution >= 0.6 is 0 Å². The van der Waals surface area contributed by atoms with E-state index in [0.717, 1.165) is 17.4 Å². The van der Waals surface area contributed by atoms with Gasteiger partial charge >= 0.3 is 0 Å². The van der Waals surface area contributed by atoms with Gasteiger partial charge in [0.05, 0.1) is 6.04 Å². The summed E-state index contributed by atoms with van der Waals surface area (Å²) in [4.78, 5) is 0. The van der Waals surface area contributed by atoms with Gasteiger partial charge in [-0.2, -0.15) is 0 Å². The van der Waals surface area contributed by atoms with Crippen molar-refractivity contribution < 1.29 is 9.47 Å². The van der Waals surface area contributed by atoms with Crippen LogP contribution < -0.4 is 20.7 Å². The van der Waals surface area contributed by atoms with Crippen LogP contribution in [0.2, 0.25) is 0 Å². The van der Waals surface area contributed by atoms with Crippen LogP contribution in [0.25, 0.3) is 0 Å². The molecule has 110 valence electrons. The first kappa shape index (κ1) is 13.7. The van der Waals surface area contributed by atoms with Crippen LogP contribution in [0.5, 0.6) is 11.5 Å². The van der Waals surface area contributed by atoms with E-state index in [0.29, 0.717) is 12.5 Å². The number of hydrazine groups is 1. The summed E-state index contributed by atoms with van der Waals surface area (Å²) in [6.45, 7) is 2.89. The molecule has 1 saturated carbocycles. The second kappa shape index (κ2) is 6.02. The van der Waals surface area contributed by atoms with Gasteiger partial charge in [-0.15, -0.1) is 0 Å². The molecule has 1 aromatic rings. The zero-order valence-corrected chi connectivity index (χ0v) is 12.0. The Morgan fingerprint density at radius 3 is 2.80 bits per heavy atom. The zero-order valence-electron chi connectivity index (χ0n) is 12.0. The Morgan fingerprint density at radius 1 is 1.25 bits per heavy atom. The van der Waals surface area contributed by atoms with Crippen molar-refractivity contribution >= 4 is 0 Å². The average Bonchev–Trinajstić information content (AvgIpc) is 2.48. The molecule has 4 heteroatoms. The van der Waals surface area contributed by atoms with Crippen molar-refractivity contribution in [2.45, 2.75) is 44.8 Å². The topological polar surface area (TPSA) is 56.5 Å². The lowest BCUT2D eigenvalue weighted by molar-refractivity contribution is 0.0325. The monoisotopic (exact) mass is 276 g/mol. The summed E-state index contributed by atoms with van der Waals surface area (Å²) >= 11 is 0. The first-order valence-corrected chi connectivity index (χ1v) is 7.62. The third-order valence-electron chi connectivity index (χ3n) is 4.61. The van der Waals surface area contributed by atoms with E-state index in [4.69, 9.17) is 15.3 Å². The number of ether oxygens (including phenoxy) is 2. The van der Waals surface area contributed by atoms with Crippen molar-refractivity contribution in [3.05, 3.63) is 24.3 Å². The molecule has 20 heavy (non-hydrogen) atoms. The van der Waals surface area contributed by atoms with Crippen molar-refractivity contribution in [1.82, 2.24) is 5.43 Å². The van der Waals surface area contributed by atoms with Crippen molar-refractivity contribution in [1.29, 1.82) is 0 Å². The number of nitrogens with one attached hydrogen (secondary N) is 1. The average molecular weight is 276 g/mol. The van der Waals surface area contributed by atoms with Gasteiger partial charge in [-0.25, -0.2) is 0 Å². The summed E-state index contributed by atoms with van der Waals surface area (Å²) in [5.41, 5.74) is 2.99. The second-order valence-electron chi connectivity index (χ2n) is 6.14. The summed E-state index contributed by atoms with van der Waals surface area (Å²) in [6.07, 6.45) is 5.05. The van der Waals surface area contributed by atoms with E-state index in [1.165, 1.54) is 25.7 Å². The normalized spacial score (nSPS) is 30.8. The Morgan fingerprint density at radius 2 is 2.05 bits per heavy atom. The molecule has 1 aliphatic heterocycles. The van der Waals surface area contributed by atoms with Crippen LogP contribution in [0.1, 0.15) is 32.6 Å². The van der Waals surface area contributed by atoms with Crippen LogP contribution in [0.15, 0.2) is 24.3 Å². The Balaban J connectivity index is 1.71. The van der Waals surface area contributed by atoms with Crippen molar-refractivity contribution in [3.63, 3.8) is 0 Å². The maximum absolute atomic E-state index is 6.11. The number of hydrogen-bond donors (Lipinski definition) is 2. The molecule has 0 radical (unpaired) electrons. The molecule has 4 atom stereocenters. The van der Waals surface area contributed by atoms with Crippen LogP contribution in [0.3, 0.4) is 0 Å². The zero-order chi connectivity index (χ0) is 13.9. The van der Waals surface area contributed by atoms with Crippen LogP contribution in [-0.2, 0) is 0 Å². The smallest absolute Gasteiger partial charge is 0.161 e. The molecule has 2 aliphatic rings. The highest BCUT2D eigenvalue weighted by molar-refractivity contribution is 5.40. The maximum atomic E-state index is 6.11. The van der Waals surface area contributed by atoms with Crippen LogP contribution in [-0.4, -0.2) is 18.8 Å². The Hall–Kier alpha value is -1.26. The van der Waals surface area contributed by atoms with Crippen molar-refractivity contribution in [2.75, 3.05) is 6.61 Å². The van der Waals surface area contributed by atoms with Gasteiger partial charge in [0.15, 0.2) is 11.5 Å². The molecule has 0 amide bonds. The van der Waals surface area contributed by atoms with Gasteiger partial charge in [0.25, 0.3) is 0 Å². The minimum Gasteiger partial charge on any atom is -0.486 e. The van der Waals surface area contributed by atoms with Gasteiger partial charge in [0, 0.05) is 0 Å². The van der Waals surface area contributed by atoms with Gasteiger partial charge in [-0.3, -0.25) is 11.3 Å². The summed E-state index contributed by atoms with van der Waals surface area (Å²) in [7, 11) is 0. The lowest BCUT2D eigenvalue weighted by atomic mass is 9.77. The molecule has 4 unspecified atom stereocenters. The number of fused-ring (bicyclic) bond motifs is 1. The minimum atomic E-state index is -0.00907. The SMILES string of the molecule is CC1CCCC(C(NN)C2COc3ccccc3O2)C1. The summed E-state index contributed by atoms with van der Waals surface area (Å²) < 4.78 is 11.9. The van der Waals surface area contributed by atoms with E-state index in [9.17, 15) is 0 Å². The molecule has 1 heterocycles. The maximum Gasteiger partial charge on any atom is 0.161 e. The number of rotatable bonds is 3. The van der Waals surface area contributed by atoms with E-state index in [-0.39, 0.29) is 12.1 Å². The van der Waals surface area contributed by atoms with Crippen molar-refractivity contribution in [2.24, 2.45) is 17.7 Å². The van der Waals surface area contributed by atoms with Gasteiger partial charge in [0.2, 0.25) is 0 Å². The molecule has 3 N–H and O–H groups in total. The number of para-hydroxylation sites is 2. The van der Waals surface area contributed by atoms with Crippen LogP contribution in [0.4, 0.5) is 0 Å². The van der Waals surface area contributed by atoms with Gasteiger partial charge < -0.3 is 9.47 Å². The Labute approximate surface area is 120 Å². The Kier molecular flexibility index (Phi) is 4.13. The van der Waals surface area contributed by atoms with E-state index >= 15 is 0 Å². The molecule has 1 aromatic carbocycles. The lowest BCUT2D eigenvalue weighted by Gasteiger charge is -2.38. The van der Waals surface area contributed by atoms with E-state index in [2.05, 4.69) is 12.3 Å². The third-order valence-corrected chi connectivity index (χ3v) is 4.61. The predicted octanol–water partition coefficient (Wildman–Crippen LogP) is 2.48. The quantitative estimate of drug-likeness (QED) is 0.658. The molecule has 0 bridgehead atoms. The fraction of sp³-hybridized carbons (Fsp3) is 0.625. The minimum absolute atomic E-state index is 0.00907. The number of benzene rings is 1. The van der Waals surface area contributed by atoms with Gasteiger partial charge in [-0.05, 0) is 36.8 Å². The molecule has 3 rings (SSSR count). The Bertz CT molecular complexity index is 452. The highest BCUT2D eigenvalue weighted by Crippen LogP contribution is 2.36. The lowest BCUT2D eigenvalue weighted by Crippen LogP contribution is -2.55. The van der Waals surface area contributed by atoms with E-state index in [1.54, 1.807) is 0 Å². The first-order chi connectivity index (χ1) is 9.78. The molecule has 0 aromatic heterocycles. The van der Waals surface area contributed by atoms with Gasteiger partial charge in [-0.1, -0.05) is 31.9 Å². The highest BCUT2D eigenvalue weighted by Gasteiger charge is 2.35. The fourth-order valence-electron chi connectivity index (χ4n) is 3.57. The second-order valence-corrected chi connectivity index (χ2v) is 6.14. The largest absolute Gasteiger partial charge is 0.486 e. The molecule has 1 aliphatic carbocycles. The molecular formula is C16H24N2O2. The summed E-state index contributed by atoms with van der Waals surface area (Å²) in [5.74, 6) is 8.82. The standard InChI is InChI=1S/C16H24N2O2/c1-11-5-4-6-12(9-11)16(18-17)15-10-19-13-7-2-3-8-14(13)20-15/h2-3,7-8,11-12,15-16,18H,4-6,9-10,17H2,1H3. The number of nitrogens with two attached hydrogens (primary N) is 1. The molecule has 0 saturated heterocycles. The first-order valence-electron chi connectivity index (χ1n) is 7.62. The highest BCUT2D eigenvalue weighted by atomic mass is 16.6. The summed E-state index contributed by atoms with van der Waals surface area (Å²) in [6, 6.07) is 7.99. The fourth-order valence-corrected chi connectivity index (χ4v) is 3.57. The predicted molar refractivity (Wildman–Crippen MR) is 78.6 cm³/mol.